The molecule has 2 aromatic rings. The molecule has 2 aromatic carbocycles. The lowest BCUT2D eigenvalue weighted by atomic mass is 10.1. The molecule has 3 N–H and O–H groups in total. The second-order valence-corrected chi connectivity index (χ2v) is 7.04. The summed E-state index contributed by atoms with van der Waals surface area (Å²) < 4.78 is 39.9. The molecule has 0 saturated heterocycles. The van der Waals surface area contributed by atoms with Crippen LogP contribution in [0.15, 0.2) is 41.4 Å². The van der Waals surface area contributed by atoms with E-state index in [1.807, 2.05) is 25.1 Å². The molecule has 11 heteroatoms. The lowest BCUT2D eigenvalue weighted by Gasteiger charge is -2.13. The molecule has 0 atom stereocenters. The average molecular weight is 577 g/mol. The third-order valence-corrected chi connectivity index (χ3v) is 4.32. The summed E-state index contributed by atoms with van der Waals surface area (Å²) >= 11 is 0. The second kappa shape index (κ2) is 13.7. The minimum Gasteiger partial charge on any atom is -0.357 e. The van der Waals surface area contributed by atoms with E-state index in [1.165, 1.54) is 4.90 Å². The Morgan fingerprint density at radius 2 is 1.76 bits per heavy atom. The van der Waals surface area contributed by atoms with Gasteiger partial charge in [-0.25, -0.2) is 18.2 Å². The Labute approximate surface area is 207 Å². The van der Waals surface area contributed by atoms with E-state index in [0.717, 1.165) is 17.7 Å². The van der Waals surface area contributed by atoms with Crippen molar-refractivity contribution >= 4 is 47.4 Å². The van der Waals surface area contributed by atoms with Crippen LogP contribution >= 0.6 is 24.0 Å². The summed E-state index contributed by atoms with van der Waals surface area (Å²) in [5.74, 6) is -4.89. The third-order valence-electron chi connectivity index (χ3n) is 4.32. The van der Waals surface area contributed by atoms with Gasteiger partial charge in [-0.1, -0.05) is 12.1 Å². The number of halogens is 4. The SMILES string of the molecule is CCNC(=NCC(=O)Nc1ccc(F)c(F)c1F)NCCc1cccc(C(=O)N(C)C)c1.I. The molecule has 0 unspecified atom stereocenters. The Hall–Kier alpha value is -2.83. The van der Waals surface area contributed by atoms with Gasteiger partial charge in [-0.05, 0) is 43.2 Å². The zero-order valence-corrected chi connectivity index (χ0v) is 20.9. The summed E-state index contributed by atoms with van der Waals surface area (Å²) in [4.78, 5) is 29.7. The van der Waals surface area contributed by atoms with E-state index in [-0.39, 0.29) is 36.4 Å². The average Bonchev–Trinajstić information content (AvgIpc) is 2.77. The number of hydrogen-bond donors (Lipinski definition) is 3. The quantitative estimate of drug-likeness (QED) is 0.195. The Morgan fingerprint density at radius 3 is 2.42 bits per heavy atom. The molecule has 33 heavy (non-hydrogen) atoms. The fourth-order valence-corrected chi connectivity index (χ4v) is 2.75. The maximum absolute atomic E-state index is 13.7. The number of carbonyl (C=O) groups excluding carboxylic acids is 2. The largest absolute Gasteiger partial charge is 0.357 e. The first-order chi connectivity index (χ1) is 15.2. The molecule has 0 saturated carbocycles. The first-order valence-corrected chi connectivity index (χ1v) is 9.99. The highest BCUT2D eigenvalue weighted by Crippen LogP contribution is 2.19. The van der Waals surface area contributed by atoms with Crippen molar-refractivity contribution < 1.29 is 22.8 Å². The lowest BCUT2D eigenvalue weighted by Crippen LogP contribution is -2.39. The van der Waals surface area contributed by atoms with Crippen molar-refractivity contribution in [3.05, 3.63) is 65.0 Å². The van der Waals surface area contributed by atoms with Crippen LogP contribution in [0.1, 0.15) is 22.8 Å². The van der Waals surface area contributed by atoms with E-state index in [0.29, 0.717) is 31.0 Å². The van der Waals surface area contributed by atoms with Gasteiger partial charge in [0, 0.05) is 32.7 Å². The van der Waals surface area contributed by atoms with Gasteiger partial charge in [0.25, 0.3) is 5.91 Å². The van der Waals surface area contributed by atoms with Gasteiger partial charge in [-0.3, -0.25) is 9.59 Å². The zero-order chi connectivity index (χ0) is 23.7. The Balaban J connectivity index is 0.00000544. The highest BCUT2D eigenvalue weighted by Gasteiger charge is 2.15. The van der Waals surface area contributed by atoms with E-state index in [1.54, 1.807) is 20.2 Å². The number of carbonyl (C=O) groups is 2. The minimum atomic E-state index is -1.65. The van der Waals surface area contributed by atoms with Crippen LogP contribution in [0.4, 0.5) is 18.9 Å². The number of aliphatic imine (C=N–C) groups is 1. The number of amides is 2. The first kappa shape index (κ1) is 28.2. The molecule has 0 radical (unpaired) electrons. The van der Waals surface area contributed by atoms with Gasteiger partial charge in [0.15, 0.2) is 23.4 Å². The van der Waals surface area contributed by atoms with Crippen molar-refractivity contribution in [2.45, 2.75) is 13.3 Å². The normalized spacial score (nSPS) is 10.8. The Kier molecular flexibility index (Phi) is 11.7. The number of anilines is 1. The monoisotopic (exact) mass is 577 g/mol. The number of nitrogens with zero attached hydrogens (tertiary/aromatic N) is 2. The van der Waals surface area contributed by atoms with Crippen LogP contribution in [0.2, 0.25) is 0 Å². The summed E-state index contributed by atoms with van der Waals surface area (Å²) in [6.07, 6.45) is 0.602. The predicted molar refractivity (Wildman–Crippen MR) is 133 cm³/mol. The highest BCUT2D eigenvalue weighted by atomic mass is 127. The maximum atomic E-state index is 13.7. The Bertz CT molecular complexity index is 1000. The van der Waals surface area contributed by atoms with Crippen molar-refractivity contribution in [2.24, 2.45) is 4.99 Å². The molecule has 7 nitrogen and oxygen atoms in total. The van der Waals surface area contributed by atoms with Gasteiger partial charge in [-0.2, -0.15) is 0 Å². The van der Waals surface area contributed by atoms with E-state index in [4.69, 9.17) is 0 Å². The molecule has 180 valence electrons. The number of benzene rings is 2. The fraction of sp³-hybridized carbons (Fsp3) is 0.318. The van der Waals surface area contributed by atoms with Crippen LogP contribution in [0.25, 0.3) is 0 Å². The minimum absolute atomic E-state index is 0. The molecule has 0 bridgehead atoms. The molecular formula is C22H27F3IN5O2. The maximum Gasteiger partial charge on any atom is 0.253 e. The Morgan fingerprint density at radius 1 is 1.03 bits per heavy atom. The summed E-state index contributed by atoms with van der Waals surface area (Å²) in [6.45, 7) is 2.51. The molecule has 0 aliphatic rings. The van der Waals surface area contributed by atoms with Crippen molar-refractivity contribution in [1.82, 2.24) is 15.5 Å². The predicted octanol–water partition coefficient (Wildman–Crippen LogP) is 3.16. The summed E-state index contributed by atoms with van der Waals surface area (Å²) in [7, 11) is 3.37. The molecule has 2 amide bonds. The second-order valence-electron chi connectivity index (χ2n) is 7.04. The van der Waals surface area contributed by atoms with Gasteiger partial charge >= 0.3 is 0 Å². The molecular weight excluding hydrogens is 550 g/mol. The molecule has 0 heterocycles. The summed E-state index contributed by atoms with van der Waals surface area (Å²) in [5.41, 5.74) is 1.08. The van der Waals surface area contributed by atoms with E-state index in [2.05, 4.69) is 20.9 Å². The molecule has 0 fully saturated rings. The highest BCUT2D eigenvalue weighted by molar-refractivity contribution is 14.0. The zero-order valence-electron chi connectivity index (χ0n) is 18.5. The molecule has 0 spiro atoms. The lowest BCUT2D eigenvalue weighted by molar-refractivity contribution is -0.114. The van der Waals surface area contributed by atoms with Crippen LogP contribution in [0.3, 0.4) is 0 Å². The van der Waals surface area contributed by atoms with Crippen LogP contribution < -0.4 is 16.0 Å². The standard InChI is InChI=1S/C22H26F3N5O2.HI/c1-4-26-22(27-11-10-14-6-5-7-15(12-14)21(32)30(2)3)28-13-18(31)29-17-9-8-16(23)19(24)20(17)25;/h5-9,12H,4,10-11,13H2,1-3H3,(H,29,31)(H2,26,27,28);1H. The van der Waals surface area contributed by atoms with Crippen LogP contribution in [-0.4, -0.2) is 56.4 Å². The molecule has 0 aromatic heterocycles. The van der Waals surface area contributed by atoms with Crippen molar-refractivity contribution in [3.63, 3.8) is 0 Å². The molecule has 2 rings (SSSR count). The number of nitrogens with one attached hydrogen (secondary N) is 3. The summed E-state index contributed by atoms with van der Waals surface area (Å²) in [5, 5.41) is 8.21. The van der Waals surface area contributed by atoms with Gasteiger partial charge < -0.3 is 20.9 Å². The number of hydrogen-bond acceptors (Lipinski definition) is 3. The van der Waals surface area contributed by atoms with Crippen LogP contribution in [-0.2, 0) is 11.2 Å². The molecule has 0 aliphatic heterocycles. The smallest absolute Gasteiger partial charge is 0.253 e. The van der Waals surface area contributed by atoms with Gasteiger partial charge in [0.05, 0.1) is 5.69 Å². The van der Waals surface area contributed by atoms with E-state index in [9.17, 15) is 22.8 Å². The van der Waals surface area contributed by atoms with Gasteiger partial charge in [0.1, 0.15) is 6.54 Å². The van der Waals surface area contributed by atoms with E-state index >= 15 is 0 Å². The topological polar surface area (TPSA) is 85.8 Å². The van der Waals surface area contributed by atoms with E-state index < -0.39 is 29.0 Å². The first-order valence-electron chi connectivity index (χ1n) is 9.99. The summed E-state index contributed by atoms with van der Waals surface area (Å²) in [6, 6.07) is 8.95. The third kappa shape index (κ3) is 8.56. The van der Waals surface area contributed by atoms with Gasteiger partial charge in [-0.15, -0.1) is 24.0 Å². The van der Waals surface area contributed by atoms with Gasteiger partial charge in [0.2, 0.25) is 5.91 Å². The van der Waals surface area contributed by atoms with Crippen LogP contribution in [0, 0.1) is 17.5 Å². The van der Waals surface area contributed by atoms with Crippen molar-refractivity contribution in [2.75, 3.05) is 39.0 Å². The van der Waals surface area contributed by atoms with Crippen molar-refractivity contribution in [1.29, 1.82) is 0 Å². The van der Waals surface area contributed by atoms with Crippen LogP contribution in [0.5, 0.6) is 0 Å². The number of guanidine groups is 1. The van der Waals surface area contributed by atoms with Crippen molar-refractivity contribution in [3.8, 4) is 0 Å². The fourth-order valence-electron chi connectivity index (χ4n) is 2.75. The number of rotatable bonds is 8. The molecule has 0 aliphatic carbocycles.